The maximum Gasteiger partial charge on any atom is 0.248 e. The third-order valence-corrected chi connectivity index (χ3v) is 6.63. The van der Waals surface area contributed by atoms with Crippen molar-refractivity contribution in [1.82, 2.24) is 15.1 Å². The van der Waals surface area contributed by atoms with E-state index in [1.807, 2.05) is 6.26 Å². The second-order valence-electron chi connectivity index (χ2n) is 8.00. The monoisotopic (exact) mass is 435 g/mol. The first-order chi connectivity index (χ1) is 14.5. The Labute approximate surface area is 179 Å². The number of carbonyl (C=O) groups excluding carboxylic acids is 3. The molecule has 0 aromatic heterocycles. The molecule has 4 unspecified atom stereocenters. The first-order valence-corrected chi connectivity index (χ1v) is 11.6. The SMILES string of the molecule is CSCC(=O)NC1CCN2C(=O)C3CC(OCc4ccc(F)cc4)CCN3C(=O)C12. The van der Waals surface area contributed by atoms with Crippen LogP contribution in [0.4, 0.5) is 4.39 Å². The maximum atomic E-state index is 13.2. The molecule has 4 atom stereocenters. The lowest BCUT2D eigenvalue weighted by molar-refractivity contribution is -0.166. The van der Waals surface area contributed by atoms with Gasteiger partial charge >= 0.3 is 0 Å². The molecule has 3 heterocycles. The van der Waals surface area contributed by atoms with Gasteiger partial charge in [0, 0.05) is 19.5 Å². The molecule has 0 bridgehead atoms. The number of piperazine rings is 1. The summed E-state index contributed by atoms with van der Waals surface area (Å²) in [5.41, 5.74) is 0.869. The zero-order chi connectivity index (χ0) is 21.3. The molecule has 1 aromatic rings. The van der Waals surface area contributed by atoms with Crippen LogP contribution >= 0.6 is 11.8 Å². The molecule has 9 heteroatoms. The van der Waals surface area contributed by atoms with Crippen LogP contribution in [0.5, 0.6) is 0 Å². The summed E-state index contributed by atoms with van der Waals surface area (Å²) in [5, 5.41) is 2.92. The molecule has 7 nitrogen and oxygen atoms in total. The molecule has 3 aliphatic rings. The molecule has 0 spiro atoms. The molecule has 1 aromatic carbocycles. The van der Waals surface area contributed by atoms with Crippen molar-refractivity contribution in [1.29, 1.82) is 0 Å². The van der Waals surface area contributed by atoms with Crippen molar-refractivity contribution in [2.75, 3.05) is 25.1 Å². The first kappa shape index (κ1) is 21.1. The van der Waals surface area contributed by atoms with E-state index in [0.717, 1.165) is 5.56 Å². The van der Waals surface area contributed by atoms with E-state index < -0.39 is 12.1 Å². The Morgan fingerprint density at radius 3 is 2.63 bits per heavy atom. The van der Waals surface area contributed by atoms with Crippen molar-refractivity contribution in [2.24, 2.45) is 0 Å². The molecule has 1 N–H and O–H groups in total. The minimum atomic E-state index is -0.601. The molecule has 0 radical (unpaired) electrons. The fraction of sp³-hybridized carbons (Fsp3) is 0.571. The van der Waals surface area contributed by atoms with Crippen LogP contribution in [-0.2, 0) is 25.7 Å². The highest BCUT2D eigenvalue weighted by Crippen LogP contribution is 2.33. The predicted octanol–water partition coefficient (Wildman–Crippen LogP) is 1.16. The molecular weight excluding hydrogens is 409 g/mol. The van der Waals surface area contributed by atoms with Crippen LogP contribution in [-0.4, -0.2) is 76.8 Å². The zero-order valence-electron chi connectivity index (χ0n) is 16.9. The quantitative estimate of drug-likeness (QED) is 0.726. The summed E-state index contributed by atoms with van der Waals surface area (Å²) in [7, 11) is 0. The number of nitrogens with zero attached hydrogens (tertiary/aromatic N) is 2. The van der Waals surface area contributed by atoms with E-state index in [0.29, 0.717) is 44.7 Å². The van der Waals surface area contributed by atoms with E-state index >= 15 is 0 Å². The van der Waals surface area contributed by atoms with Crippen molar-refractivity contribution in [3.63, 3.8) is 0 Å². The minimum Gasteiger partial charge on any atom is -0.373 e. The zero-order valence-corrected chi connectivity index (χ0v) is 17.7. The minimum absolute atomic E-state index is 0.0590. The molecule has 3 aliphatic heterocycles. The number of rotatable bonds is 6. The van der Waals surface area contributed by atoms with Crippen molar-refractivity contribution < 1.29 is 23.5 Å². The predicted molar refractivity (Wildman–Crippen MR) is 110 cm³/mol. The second-order valence-corrected chi connectivity index (χ2v) is 8.87. The van der Waals surface area contributed by atoms with Crippen LogP contribution < -0.4 is 5.32 Å². The van der Waals surface area contributed by atoms with Crippen LogP contribution in [0.3, 0.4) is 0 Å². The topological polar surface area (TPSA) is 79.0 Å². The maximum absolute atomic E-state index is 13.2. The van der Waals surface area contributed by atoms with E-state index in [-0.39, 0.29) is 35.7 Å². The van der Waals surface area contributed by atoms with Gasteiger partial charge in [0.2, 0.25) is 17.7 Å². The normalized spacial score (nSPS) is 28.3. The van der Waals surface area contributed by atoms with Crippen LogP contribution in [0, 0.1) is 5.82 Å². The summed E-state index contributed by atoms with van der Waals surface area (Å²) < 4.78 is 19.0. The molecule has 3 amide bonds. The molecule has 162 valence electrons. The Morgan fingerprint density at radius 2 is 1.90 bits per heavy atom. The summed E-state index contributed by atoms with van der Waals surface area (Å²) in [4.78, 5) is 41.6. The lowest BCUT2D eigenvalue weighted by Gasteiger charge is -2.47. The molecule has 3 fully saturated rings. The van der Waals surface area contributed by atoms with Gasteiger partial charge in [-0.3, -0.25) is 14.4 Å². The fourth-order valence-corrected chi connectivity index (χ4v) is 4.96. The van der Waals surface area contributed by atoms with E-state index in [2.05, 4.69) is 5.32 Å². The third-order valence-electron chi connectivity index (χ3n) is 6.08. The highest BCUT2D eigenvalue weighted by Gasteiger charge is 2.53. The summed E-state index contributed by atoms with van der Waals surface area (Å²) in [6.07, 6.45) is 3.41. The number of nitrogens with one attached hydrogen (secondary N) is 1. The lowest BCUT2D eigenvalue weighted by atomic mass is 9.93. The van der Waals surface area contributed by atoms with E-state index in [1.165, 1.54) is 23.9 Å². The van der Waals surface area contributed by atoms with Crippen LogP contribution in [0.2, 0.25) is 0 Å². The number of piperidine rings is 1. The van der Waals surface area contributed by atoms with Gasteiger partial charge in [-0.25, -0.2) is 4.39 Å². The standard InChI is InChI=1S/C21H26FN3O4S/c1-30-12-18(26)23-16-7-9-25-19(16)21(28)24-8-6-15(10-17(24)20(25)27)29-11-13-2-4-14(22)5-3-13/h2-5,15-17,19H,6-12H2,1H3,(H,23,26). The molecular formula is C21H26FN3O4S. The van der Waals surface area contributed by atoms with Gasteiger partial charge in [0.25, 0.3) is 0 Å². The Bertz CT molecular complexity index is 821. The van der Waals surface area contributed by atoms with E-state index in [9.17, 15) is 18.8 Å². The first-order valence-electron chi connectivity index (χ1n) is 10.2. The van der Waals surface area contributed by atoms with Gasteiger partial charge < -0.3 is 19.9 Å². The highest BCUT2D eigenvalue weighted by atomic mass is 32.2. The lowest BCUT2D eigenvalue weighted by Crippen LogP contribution is -2.68. The van der Waals surface area contributed by atoms with Crippen molar-refractivity contribution in [3.8, 4) is 0 Å². The second kappa shape index (κ2) is 8.93. The molecule has 3 saturated heterocycles. The molecule has 4 rings (SSSR count). The summed E-state index contributed by atoms with van der Waals surface area (Å²) in [6, 6.07) is 4.71. The number of halogens is 1. The van der Waals surface area contributed by atoms with Crippen molar-refractivity contribution in [2.45, 2.75) is 50.1 Å². The number of hydrogen-bond donors (Lipinski definition) is 1. The largest absolute Gasteiger partial charge is 0.373 e. The molecule has 0 aliphatic carbocycles. The smallest absolute Gasteiger partial charge is 0.248 e. The van der Waals surface area contributed by atoms with Gasteiger partial charge in [-0.1, -0.05) is 12.1 Å². The Balaban J connectivity index is 1.38. The number of hydrogen-bond acceptors (Lipinski definition) is 5. The average molecular weight is 436 g/mol. The Kier molecular flexibility index (Phi) is 6.29. The number of carbonyl (C=O) groups is 3. The van der Waals surface area contributed by atoms with Gasteiger partial charge in [-0.2, -0.15) is 11.8 Å². The number of fused-ring (bicyclic) bond motifs is 2. The van der Waals surface area contributed by atoms with E-state index in [1.54, 1.807) is 21.9 Å². The van der Waals surface area contributed by atoms with Gasteiger partial charge in [-0.15, -0.1) is 0 Å². The molecule has 30 heavy (non-hydrogen) atoms. The number of amides is 3. The summed E-state index contributed by atoms with van der Waals surface area (Å²) >= 11 is 1.43. The summed E-state index contributed by atoms with van der Waals surface area (Å²) in [5.74, 6) is -0.198. The Morgan fingerprint density at radius 1 is 1.17 bits per heavy atom. The number of thioether (sulfide) groups is 1. The summed E-state index contributed by atoms with van der Waals surface area (Å²) in [6.45, 7) is 1.28. The van der Waals surface area contributed by atoms with Gasteiger partial charge in [0.15, 0.2) is 0 Å². The van der Waals surface area contributed by atoms with Gasteiger partial charge in [0.1, 0.15) is 17.9 Å². The van der Waals surface area contributed by atoms with Crippen molar-refractivity contribution >= 4 is 29.5 Å². The third kappa shape index (κ3) is 4.18. The fourth-order valence-electron chi connectivity index (χ4n) is 4.61. The van der Waals surface area contributed by atoms with Gasteiger partial charge in [0.05, 0.1) is 24.5 Å². The van der Waals surface area contributed by atoms with E-state index in [4.69, 9.17) is 4.74 Å². The van der Waals surface area contributed by atoms with Crippen LogP contribution in [0.1, 0.15) is 24.8 Å². The Hall–Kier alpha value is -2.13. The van der Waals surface area contributed by atoms with Crippen LogP contribution in [0.25, 0.3) is 0 Å². The van der Waals surface area contributed by atoms with Gasteiger partial charge in [-0.05, 0) is 36.8 Å². The van der Waals surface area contributed by atoms with Crippen molar-refractivity contribution in [3.05, 3.63) is 35.6 Å². The van der Waals surface area contributed by atoms with Crippen LogP contribution in [0.15, 0.2) is 24.3 Å². The molecule has 0 saturated carbocycles. The average Bonchev–Trinajstić information content (AvgIpc) is 3.15. The highest BCUT2D eigenvalue weighted by molar-refractivity contribution is 7.99. The number of benzene rings is 1. The number of ether oxygens (including phenoxy) is 1.